The molecule has 0 unspecified atom stereocenters. The van der Waals surface area contributed by atoms with Gasteiger partial charge in [-0.2, -0.15) is 0 Å². The Morgan fingerprint density at radius 3 is 2.26 bits per heavy atom. The lowest BCUT2D eigenvalue weighted by Gasteiger charge is -2.20. The molecule has 1 aliphatic rings. The Labute approximate surface area is 138 Å². The molecule has 1 aliphatic heterocycles. The molecule has 0 spiro atoms. The van der Waals surface area contributed by atoms with Crippen molar-refractivity contribution in [3.05, 3.63) is 76.3 Å². The van der Waals surface area contributed by atoms with Gasteiger partial charge in [-0.25, -0.2) is 0 Å². The highest BCUT2D eigenvalue weighted by atomic mass is 35.5. The summed E-state index contributed by atoms with van der Waals surface area (Å²) in [6.07, 6.45) is 0. The van der Waals surface area contributed by atoms with Gasteiger partial charge in [-0.05, 0) is 29.8 Å². The first kappa shape index (κ1) is 15.3. The van der Waals surface area contributed by atoms with E-state index in [1.165, 1.54) is 4.90 Å². The van der Waals surface area contributed by atoms with Crippen LogP contribution in [0.1, 0.15) is 17.2 Å². The van der Waals surface area contributed by atoms with Gasteiger partial charge in [0.25, 0.3) is 11.7 Å². The predicted molar refractivity (Wildman–Crippen MR) is 88.0 cm³/mol. The first-order valence-electron chi connectivity index (χ1n) is 7.06. The van der Waals surface area contributed by atoms with Gasteiger partial charge >= 0.3 is 0 Å². The standard InChI is InChI=1S/C18H14ClNO3/c1-20-15(11-5-3-2-4-6-11)14(17(22)18(20)23)16(21)12-7-9-13(19)10-8-12/h2-10,15,21H,1H3/t15-/m1/s1. The lowest BCUT2D eigenvalue weighted by atomic mass is 9.95. The van der Waals surface area contributed by atoms with Crippen molar-refractivity contribution in [2.45, 2.75) is 6.04 Å². The van der Waals surface area contributed by atoms with E-state index in [4.69, 9.17) is 11.6 Å². The van der Waals surface area contributed by atoms with E-state index in [9.17, 15) is 14.7 Å². The molecule has 4 nitrogen and oxygen atoms in total. The SMILES string of the molecule is CN1C(=O)C(=O)C(=C(O)c2ccc(Cl)cc2)[C@H]1c1ccccc1. The molecular formula is C18H14ClNO3. The van der Waals surface area contributed by atoms with Gasteiger partial charge in [0.1, 0.15) is 5.76 Å². The number of amides is 1. The van der Waals surface area contributed by atoms with E-state index >= 15 is 0 Å². The highest BCUT2D eigenvalue weighted by Crippen LogP contribution is 2.38. The molecule has 1 heterocycles. The fourth-order valence-corrected chi connectivity index (χ4v) is 2.86. The minimum absolute atomic E-state index is 0.0889. The highest BCUT2D eigenvalue weighted by Gasteiger charge is 2.44. The second-order valence-electron chi connectivity index (χ2n) is 5.33. The zero-order chi connectivity index (χ0) is 16.6. The fourth-order valence-electron chi connectivity index (χ4n) is 2.74. The average molecular weight is 328 g/mol. The first-order chi connectivity index (χ1) is 11.0. The number of halogens is 1. The molecule has 0 aliphatic carbocycles. The Bertz CT molecular complexity index is 797. The van der Waals surface area contributed by atoms with Crippen LogP contribution in [0.5, 0.6) is 0 Å². The van der Waals surface area contributed by atoms with Crippen molar-refractivity contribution in [1.82, 2.24) is 4.90 Å². The van der Waals surface area contributed by atoms with Crippen LogP contribution in [0, 0.1) is 0 Å². The molecule has 2 aromatic carbocycles. The molecule has 1 atom stereocenters. The molecule has 0 saturated carbocycles. The van der Waals surface area contributed by atoms with E-state index in [2.05, 4.69) is 0 Å². The lowest BCUT2D eigenvalue weighted by Crippen LogP contribution is -2.24. The number of hydrogen-bond donors (Lipinski definition) is 1. The molecular weight excluding hydrogens is 314 g/mol. The van der Waals surface area contributed by atoms with Crippen molar-refractivity contribution in [1.29, 1.82) is 0 Å². The maximum absolute atomic E-state index is 12.3. The zero-order valence-corrected chi connectivity index (χ0v) is 13.1. The van der Waals surface area contributed by atoms with Crippen LogP contribution in [0.4, 0.5) is 0 Å². The van der Waals surface area contributed by atoms with Crippen LogP contribution in [-0.4, -0.2) is 28.7 Å². The second-order valence-corrected chi connectivity index (χ2v) is 5.76. The molecule has 116 valence electrons. The van der Waals surface area contributed by atoms with Crippen LogP contribution in [0.3, 0.4) is 0 Å². The maximum Gasteiger partial charge on any atom is 0.295 e. The summed E-state index contributed by atoms with van der Waals surface area (Å²) in [7, 11) is 1.56. The number of aliphatic hydroxyl groups excluding tert-OH is 1. The molecule has 1 N–H and O–H groups in total. The van der Waals surface area contributed by atoms with Crippen LogP contribution in [0.25, 0.3) is 5.76 Å². The van der Waals surface area contributed by atoms with Crippen LogP contribution in [-0.2, 0) is 9.59 Å². The third-order valence-corrected chi connectivity index (χ3v) is 4.16. The van der Waals surface area contributed by atoms with Crippen molar-refractivity contribution in [3.8, 4) is 0 Å². The Morgan fingerprint density at radius 1 is 1.04 bits per heavy atom. The van der Waals surface area contributed by atoms with Crippen molar-refractivity contribution >= 4 is 29.1 Å². The maximum atomic E-state index is 12.3. The molecule has 3 rings (SSSR count). The zero-order valence-electron chi connectivity index (χ0n) is 12.4. The monoisotopic (exact) mass is 327 g/mol. The minimum atomic E-state index is -0.686. The number of Topliss-reactive ketones (excluding diaryl/α,β-unsaturated/α-hetero) is 1. The summed E-state index contributed by atoms with van der Waals surface area (Å²) in [5.41, 5.74) is 1.30. The second kappa shape index (κ2) is 5.89. The van der Waals surface area contributed by atoms with E-state index in [0.29, 0.717) is 10.6 Å². The number of rotatable bonds is 2. The first-order valence-corrected chi connectivity index (χ1v) is 7.44. The van der Waals surface area contributed by atoms with Gasteiger partial charge in [0, 0.05) is 17.6 Å². The van der Waals surface area contributed by atoms with Gasteiger partial charge in [-0.15, -0.1) is 0 Å². The number of carbonyl (C=O) groups excluding carboxylic acids is 2. The molecule has 1 saturated heterocycles. The van der Waals surface area contributed by atoms with E-state index in [1.807, 2.05) is 30.3 Å². The largest absolute Gasteiger partial charge is 0.507 e. The molecule has 5 heteroatoms. The highest BCUT2D eigenvalue weighted by molar-refractivity contribution is 6.46. The molecule has 0 radical (unpaired) electrons. The number of hydrogen-bond acceptors (Lipinski definition) is 3. The number of carbonyl (C=O) groups is 2. The van der Waals surface area contributed by atoms with Crippen molar-refractivity contribution in [3.63, 3.8) is 0 Å². The number of likely N-dealkylation sites (tertiary alicyclic amines) is 1. The average Bonchev–Trinajstić information content (AvgIpc) is 2.80. The normalized spacial score (nSPS) is 20.1. The Morgan fingerprint density at radius 2 is 1.65 bits per heavy atom. The molecule has 1 fully saturated rings. The summed E-state index contributed by atoms with van der Waals surface area (Å²) in [4.78, 5) is 25.8. The summed E-state index contributed by atoms with van der Waals surface area (Å²) in [6, 6.07) is 15.0. The van der Waals surface area contributed by atoms with Gasteiger partial charge in [-0.1, -0.05) is 41.9 Å². The molecule has 0 bridgehead atoms. The fraction of sp³-hybridized carbons (Fsp3) is 0.111. The smallest absolute Gasteiger partial charge is 0.295 e. The van der Waals surface area contributed by atoms with E-state index < -0.39 is 17.7 Å². The molecule has 2 aromatic rings. The quantitative estimate of drug-likeness (QED) is 0.522. The summed E-state index contributed by atoms with van der Waals surface area (Å²) >= 11 is 5.85. The number of aliphatic hydroxyl groups is 1. The molecule has 1 amide bonds. The molecule has 0 aromatic heterocycles. The van der Waals surface area contributed by atoms with E-state index in [-0.39, 0.29) is 11.3 Å². The minimum Gasteiger partial charge on any atom is -0.507 e. The van der Waals surface area contributed by atoms with Crippen molar-refractivity contribution in [2.75, 3.05) is 7.05 Å². The number of likely N-dealkylation sites (N-methyl/N-ethyl adjacent to an activating group) is 1. The van der Waals surface area contributed by atoms with E-state index in [0.717, 1.165) is 5.56 Å². The van der Waals surface area contributed by atoms with Gasteiger partial charge in [0.2, 0.25) is 0 Å². The van der Waals surface area contributed by atoms with E-state index in [1.54, 1.807) is 31.3 Å². The Hall–Kier alpha value is -2.59. The summed E-state index contributed by atoms with van der Waals surface area (Å²) in [5, 5.41) is 11.1. The predicted octanol–water partition coefficient (Wildman–Crippen LogP) is 3.39. The van der Waals surface area contributed by atoms with Crippen LogP contribution in [0.15, 0.2) is 60.2 Å². The summed E-state index contributed by atoms with van der Waals surface area (Å²) in [5.74, 6) is -1.51. The topological polar surface area (TPSA) is 57.6 Å². The van der Waals surface area contributed by atoms with Gasteiger partial charge in [-0.3, -0.25) is 9.59 Å². The third kappa shape index (κ3) is 2.62. The molecule has 23 heavy (non-hydrogen) atoms. The number of nitrogens with zero attached hydrogens (tertiary/aromatic N) is 1. The lowest BCUT2D eigenvalue weighted by molar-refractivity contribution is -0.139. The summed E-state index contributed by atoms with van der Waals surface area (Å²) in [6.45, 7) is 0. The van der Waals surface area contributed by atoms with Gasteiger partial charge < -0.3 is 10.0 Å². The van der Waals surface area contributed by atoms with Crippen LogP contribution >= 0.6 is 11.6 Å². The Balaban J connectivity index is 2.17. The number of benzene rings is 2. The summed E-state index contributed by atoms with van der Waals surface area (Å²) < 4.78 is 0. The van der Waals surface area contributed by atoms with Gasteiger partial charge in [0.15, 0.2) is 0 Å². The Kier molecular flexibility index (Phi) is 3.92. The third-order valence-electron chi connectivity index (χ3n) is 3.91. The van der Waals surface area contributed by atoms with Crippen LogP contribution < -0.4 is 0 Å². The number of ketones is 1. The van der Waals surface area contributed by atoms with Crippen LogP contribution in [0.2, 0.25) is 5.02 Å². The van der Waals surface area contributed by atoms with Crippen molar-refractivity contribution < 1.29 is 14.7 Å². The van der Waals surface area contributed by atoms with Crippen molar-refractivity contribution in [2.24, 2.45) is 0 Å². The van der Waals surface area contributed by atoms with Gasteiger partial charge in [0.05, 0.1) is 11.6 Å².